The molecular weight excluding hydrogens is 314 g/mol. The number of carbonyl (C=O) groups excluding carboxylic acids is 2. The lowest BCUT2D eigenvalue weighted by atomic mass is 9.86. The van der Waals surface area contributed by atoms with E-state index in [0.717, 1.165) is 29.4 Å². The number of benzene rings is 2. The second-order valence-corrected chi connectivity index (χ2v) is 7.25. The Bertz CT molecular complexity index is 840. The van der Waals surface area contributed by atoms with Gasteiger partial charge in [-0.15, -0.1) is 0 Å². The summed E-state index contributed by atoms with van der Waals surface area (Å²) in [6.45, 7) is 2.02. The quantitative estimate of drug-likeness (QED) is 0.792. The molecule has 0 atom stereocenters. The Labute approximate surface area is 147 Å². The number of hydrogen-bond acceptors (Lipinski definition) is 3. The first-order valence-corrected chi connectivity index (χ1v) is 8.77. The highest BCUT2D eigenvalue weighted by Gasteiger charge is 2.56. The van der Waals surface area contributed by atoms with Crippen molar-refractivity contribution in [2.24, 2.45) is 0 Å². The number of rotatable bonds is 2. The van der Waals surface area contributed by atoms with E-state index in [9.17, 15) is 9.59 Å². The first-order valence-electron chi connectivity index (χ1n) is 8.77. The monoisotopic (exact) mass is 337 g/mol. The van der Waals surface area contributed by atoms with Crippen molar-refractivity contribution in [3.8, 4) is 0 Å². The maximum Gasteiger partial charge on any atom is 0.327 e. The normalized spacial score (nSPS) is 20.9. The molecule has 5 nitrogen and oxygen atoms in total. The third kappa shape index (κ3) is 2.50. The van der Waals surface area contributed by atoms with Crippen LogP contribution in [0.25, 0.3) is 10.8 Å². The zero-order valence-corrected chi connectivity index (χ0v) is 14.7. The number of likely N-dealkylation sites (tertiary alicyclic amines) is 1. The van der Waals surface area contributed by atoms with Gasteiger partial charge in [-0.3, -0.25) is 9.69 Å². The molecule has 130 valence electrons. The number of nitrogens with zero attached hydrogens (tertiary/aromatic N) is 3. The predicted molar refractivity (Wildman–Crippen MR) is 97.1 cm³/mol. The van der Waals surface area contributed by atoms with Crippen LogP contribution in [0.5, 0.6) is 0 Å². The van der Waals surface area contributed by atoms with Crippen LogP contribution in [0.3, 0.4) is 0 Å². The topological polar surface area (TPSA) is 43.9 Å². The van der Waals surface area contributed by atoms with E-state index in [0.29, 0.717) is 19.4 Å². The average Bonchev–Trinajstić information content (AvgIpc) is 2.80. The lowest BCUT2D eigenvalue weighted by molar-refractivity contribution is -0.135. The summed E-state index contributed by atoms with van der Waals surface area (Å²) in [4.78, 5) is 31.2. The van der Waals surface area contributed by atoms with E-state index in [4.69, 9.17) is 0 Å². The van der Waals surface area contributed by atoms with Crippen LogP contribution in [-0.2, 0) is 11.3 Å². The van der Waals surface area contributed by atoms with Gasteiger partial charge in [0.15, 0.2) is 0 Å². The number of imide groups is 1. The molecule has 1 spiro atoms. The zero-order valence-electron chi connectivity index (χ0n) is 14.7. The van der Waals surface area contributed by atoms with Gasteiger partial charge < -0.3 is 9.80 Å². The largest absolute Gasteiger partial charge is 0.327 e. The molecule has 0 aromatic heterocycles. The summed E-state index contributed by atoms with van der Waals surface area (Å²) >= 11 is 0. The number of carbonyl (C=O) groups is 2. The third-order valence-corrected chi connectivity index (χ3v) is 5.77. The van der Waals surface area contributed by atoms with Gasteiger partial charge in [-0.05, 0) is 42.3 Å². The SMILES string of the molecule is CN1CCC2(CC1)C(=O)N(Cc1ccc3ccccc3c1)C(=O)N2C. The highest BCUT2D eigenvalue weighted by atomic mass is 16.2. The first kappa shape index (κ1) is 16.1. The van der Waals surface area contributed by atoms with Crippen molar-refractivity contribution in [2.75, 3.05) is 27.2 Å². The number of urea groups is 1. The van der Waals surface area contributed by atoms with E-state index in [1.54, 1.807) is 11.9 Å². The summed E-state index contributed by atoms with van der Waals surface area (Å²) in [5.41, 5.74) is 0.333. The number of likely N-dealkylation sites (N-methyl/N-ethyl adjacent to an activating group) is 1. The second kappa shape index (κ2) is 5.85. The van der Waals surface area contributed by atoms with Crippen LogP contribution >= 0.6 is 0 Å². The van der Waals surface area contributed by atoms with Crippen molar-refractivity contribution in [3.05, 3.63) is 48.0 Å². The summed E-state index contributed by atoms with van der Waals surface area (Å²) in [5, 5.41) is 2.29. The molecule has 2 aromatic rings. The van der Waals surface area contributed by atoms with E-state index in [2.05, 4.69) is 30.1 Å². The molecule has 0 bridgehead atoms. The van der Waals surface area contributed by atoms with Gasteiger partial charge >= 0.3 is 6.03 Å². The van der Waals surface area contributed by atoms with Gasteiger partial charge in [0.2, 0.25) is 0 Å². The van der Waals surface area contributed by atoms with Crippen LogP contribution in [0.4, 0.5) is 4.79 Å². The lowest BCUT2D eigenvalue weighted by Crippen LogP contribution is -2.54. The van der Waals surface area contributed by atoms with Crippen molar-refractivity contribution in [2.45, 2.75) is 24.9 Å². The molecule has 5 heteroatoms. The van der Waals surface area contributed by atoms with E-state index >= 15 is 0 Å². The molecule has 0 aliphatic carbocycles. The Balaban J connectivity index is 1.61. The fraction of sp³-hybridized carbons (Fsp3) is 0.400. The predicted octanol–water partition coefficient (Wildman–Crippen LogP) is 2.70. The second-order valence-electron chi connectivity index (χ2n) is 7.25. The number of amides is 3. The summed E-state index contributed by atoms with van der Waals surface area (Å²) in [7, 11) is 3.83. The highest BCUT2D eigenvalue weighted by Crippen LogP contribution is 2.36. The van der Waals surface area contributed by atoms with Crippen LogP contribution in [0.1, 0.15) is 18.4 Å². The minimum Gasteiger partial charge on any atom is -0.312 e. The van der Waals surface area contributed by atoms with E-state index in [-0.39, 0.29) is 11.9 Å². The van der Waals surface area contributed by atoms with Crippen molar-refractivity contribution >= 4 is 22.7 Å². The Morgan fingerprint density at radius 3 is 2.36 bits per heavy atom. The summed E-state index contributed by atoms with van der Waals surface area (Å²) in [6.07, 6.45) is 1.41. The smallest absolute Gasteiger partial charge is 0.312 e. The van der Waals surface area contributed by atoms with E-state index in [1.807, 2.05) is 24.3 Å². The summed E-state index contributed by atoms with van der Waals surface area (Å²) in [5.74, 6) is -0.0405. The molecule has 25 heavy (non-hydrogen) atoms. The van der Waals surface area contributed by atoms with E-state index in [1.165, 1.54) is 4.90 Å². The fourth-order valence-electron chi connectivity index (χ4n) is 4.04. The van der Waals surface area contributed by atoms with Gasteiger partial charge in [0.25, 0.3) is 5.91 Å². The standard InChI is InChI=1S/C20H23N3O2/c1-21-11-9-20(10-12-21)18(24)23(19(25)22(20)2)14-15-7-8-16-5-3-4-6-17(16)13-15/h3-8,13H,9-12,14H2,1-2H3. The number of hydrogen-bond donors (Lipinski definition) is 0. The molecule has 2 aliphatic rings. The molecule has 2 aromatic carbocycles. The van der Waals surface area contributed by atoms with Crippen molar-refractivity contribution < 1.29 is 9.59 Å². The van der Waals surface area contributed by atoms with Crippen LogP contribution in [-0.4, -0.2) is 59.4 Å². The molecule has 2 saturated heterocycles. The summed E-state index contributed by atoms with van der Waals surface area (Å²) < 4.78 is 0. The molecule has 0 radical (unpaired) electrons. The van der Waals surface area contributed by atoms with Crippen LogP contribution in [0.15, 0.2) is 42.5 Å². The van der Waals surface area contributed by atoms with Crippen LogP contribution < -0.4 is 0 Å². The van der Waals surface area contributed by atoms with Crippen LogP contribution in [0, 0.1) is 0 Å². The van der Waals surface area contributed by atoms with Gasteiger partial charge in [-0.1, -0.05) is 36.4 Å². The molecule has 2 fully saturated rings. The Kier molecular flexibility index (Phi) is 3.76. The fourth-order valence-corrected chi connectivity index (χ4v) is 4.04. The highest BCUT2D eigenvalue weighted by molar-refractivity contribution is 6.07. The first-order chi connectivity index (χ1) is 12.0. The van der Waals surface area contributed by atoms with Gasteiger partial charge in [0.1, 0.15) is 5.54 Å². The minimum absolute atomic E-state index is 0.0405. The van der Waals surface area contributed by atoms with Gasteiger partial charge in [0, 0.05) is 20.1 Å². The Hall–Kier alpha value is -2.40. The molecule has 2 aliphatic heterocycles. The lowest BCUT2D eigenvalue weighted by Gasteiger charge is -2.39. The number of fused-ring (bicyclic) bond motifs is 1. The van der Waals surface area contributed by atoms with E-state index < -0.39 is 5.54 Å². The minimum atomic E-state index is -0.652. The molecule has 0 saturated carbocycles. The average molecular weight is 337 g/mol. The zero-order chi connectivity index (χ0) is 17.6. The molecule has 0 N–H and O–H groups in total. The maximum absolute atomic E-state index is 13.1. The number of piperidine rings is 1. The van der Waals surface area contributed by atoms with Crippen molar-refractivity contribution in [3.63, 3.8) is 0 Å². The molecule has 2 heterocycles. The molecule has 4 rings (SSSR count). The third-order valence-electron chi connectivity index (χ3n) is 5.77. The van der Waals surface area contributed by atoms with Crippen molar-refractivity contribution in [1.29, 1.82) is 0 Å². The van der Waals surface area contributed by atoms with Gasteiger partial charge in [-0.2, -0.15) is 0 Å². The maximum atomic E-state index is 13.1. The van der Waals surface area contributed by atoms with Gasteiger partial charge in [0.05, 0.1) is 6.54 Å². The van der Waals surface area contributed by atoms with Crippen LogP contribution in [0.2, 0.25) is 0 Å². The van der Waals surface area contributed by atoms with Crippen molar-refractivity contribution in [1.82, 2.24) is 14.7 Å². The van der Waals surface area contributed by atoms with Gasteiger partial charge in [-0.25, -0.2) is 4.79 Å². The summed E-state index contributed by atoms with van der Waals surface area (Å²) in [6, 6.07) is 14.1. The molecule has 3 amide bonds. The molecular formula is C20H23N3O2. The molecule has 0 unspecified atom stereocenters. The Morgan fingerprint density at radius 1 is 0.960 bits per heavy atom. The Morgan fingerprint density at radius 2 is 1.64 bits per heavy atom.